The third-order valence-electron chi connectivity index (χ3n) is 2.87. The van der Waals surface area contributed by atoms with E-state index in [1.165, 1.54) is 11.3 Å². The summed E-state index contributed by atoms with van der Waals surface area (Å²) in [7, 11) is -4.07. The van der Waals surface area contributed by atoms with Crippen molar-refractivity contribution < 1.29 is 17.2 Å². The summed E-state index contributed by atoms with van der Waals surface area (Å²) >= 11 is 4.31. The van der Waals surface area contributed by atoms with Crippen molar-refractivity contribution in [2.24, 2.45) is 0 Å². The molecule has 0 atom stereocenters. The van der Waals surface area contributed by atoms with Gasteiger partial charge in [0.15, 0.2) is 0 Å². The predicted octanol–water partition coefficient (Wildman–Crippen LogP) is 3.83. The van der Waals surface area contributed by atoms with Crippen molar-refractivity contribution in [1.82, 2.24) is 4.72 Å². The highest BCUT2D eigenvalue weighted by Gasteiger charge is 2.23. The number of hydrogen-bond acceptors (Lipinski definition) is 3. The number of aryl methyl sites for hydroxylation is 1. The van der Waals surface area contributed by atoms with Gasteiger partial charge in [-0.25, -0.2) is 21.9 Å². The molecule has 0 aliphatic carbocycles. The minimum absolute atomic E-state index is 0.0758. The van der Waals surface area contributed by atoms with E-state index in [9.17, 15) is 17.2 Å². The zero-order valence-corrected chi connectivity index (χ0v) is 14.2. The van der Waals surface area contributed by atoms with Crippen molar-refractivity contribution >= 4 is 37.3 Å². The molecule has 1 heterocycles. The maximum absolute atomic E-state index is 13.7. The molecule has 0 spiro atoms. The van der Waals surface area contributed by atoms with Crippen molar-refractivity contribution in [3.63, 3.8) is 0 Å². The van der Waals surface area contributed by atoms with E-state index < -0.39 is 26.6 Å². The summed E-state index contributed by atoms with van der Waals surface area (Å²) in [6.07, 6.45) is 0.787. The standard InChI is InChI=1S/C13H12BrF2NO2S2/c1-2-8-3-4-20-12(8)7-17-21(18,19)13-10(14)5-9(15)6-11(13)16/h3-6,17H,2,7H2,1H3. The molecular weight excluding hydrogens is 384 g/mol. The van der Waals surface area contributed by atoms with Crippen molar-refractivity contribution in [2.45, 2.75) is 24.8 Å². The second-order valence-electron chi connectivity index (χ2n) is 4.25. The molecule has 114 valence electrons. The van der Waals surface area contributed by atoms with Crippen LogP contribution >= 0.6 is 27.3 Å². The fourth-order valence-corrected chi connectivity index (χ4v) is 5.02. The van der Waals surface area contributed by atoms with E-state index in [0.29, 0.717) is 6.07 Å². The van der Waals surface area contributed by atoms with Crippen molar-refractivity contribution in [2.75, 3.05) is 0 Å². The lowest BCUT2D eigenvalue weighted by Gasteiger charge is -2.10. The van der Waals surface area contributed by atoms with Gasteiger partial charge in [0, 0.05) is 22.0 Å². The van der Waals surface area contributed by atoms with Gasteiger partial charge in [0.25, 0.3) is 0 Å². The SMILES string of the molecule is CCc1ccsc1CNS(=O)(=O)c1c(F)cc(F)cc1Br. The summed E-state index contributed by atoms with van der Waals surface area (Å²) in [5.74, 6) is -1.97. The molecule has 1 aromatic heterocycles. The Balaban J connectivity index is 2.27. The fourth-order valence-electron chi connectivity index (χ4n) is 1.86. The molecule has 1 N–H and O–H groups in total. The largest absolute Gasteiger partial charge is 0.244 e. The monoisotopic (exact) mass is 395 g/mol. The molecule has 2 rings (SSSR count). The summed E-state index contributed by atoms with van der Waals surface area (Å²) in [5.41, 5.74) is 1.04. The van der Waals surface area contributed by atoms with Gasteiger partial charge in [0.2, 0.25) is 10.0 Å². The number of benzene rings is 1. The fraction of sp³-hybridized carbons (Fsp3) is 0.231. The van der Waals surface area contributed by atoms with Crippen LogP contribution in [-0.4, -0.2) is 8.42 Å². The summed E-state index contributed by atoms with van der Waals surface area (Å²) in [4.78, 5) is 0.290. The second-order valence-corrected chi connectivity index (χ2v) is 7.80. The van der Waals surface area contributed by atoms with Gasteiger partial charge >= 0.3 is 0 Å². The Bertz CT molecular complexity index is 736. The smallest absolute Gasteiger partial charge is 0.207 e. The van der Waals surface area contributed by atoms with Crippen LogP contribution in [-0.2, 0) is 23.0 Å². The van der Waals surface area contributed by atoms with Crippen LogP contribution < -0.4 is 4.72 Å². The number of sulfonamides is 1. The molecule has 0 saturated carbocycles. The van der Waals surface area contributed by atoms with Gasteiger partial charge in [-0.05, 0) is 45.4 Å². The van der Waals surface area contributed by atoms with Gasteiger partial charge in [-0.2, -0.15) is 0 Å². The van der Waals surface area contributed by atoms with Crippen LogP contribution in [0.1, 0.15) is 17.4 Å². The van der Waals surface area contributed by atoms with Gasteiger partial charge in [-0.15, -0.1) is 11.3 Å². The minimum Gasteiger partial charge on any atom is -0.207 e. The molecule has 0 unspecified atom stereocenters. The van der Waals surface area contributed by atoms with Crippen LogP contribution in [0.2, 0.25) is 0 Å². The Morgan fingerprint density at radius 1 is 1.33 bits per heavy atom. The molecule has 2 aromatic rings. The average molecular weight is 396 g/mol. The van der Waals surface area contributed by atoms with Crippen LogP contribution in [0.25, 0.3) is 0 Å². The zero-order valence-electron chi connectivity index (χ0n) is 11.0. The number of halogens is 3. The molecule has 8 heteroatoms. The lowest BCUT2D eigenvalue weighted by atomic mass is 10.2. The maximum Gasteiger partial charge on any atom is 0.244 e. The highest BCUT2D eigenvalue weighted by atomic mass is 79.9. The van der Waals surface area contributed by atoms with Crippen LogP contribution in [0.15, 0.2) is 32.9 Å². The third kappa shape index (κ3) is 3.68. The molecule has 1 aromatic carbocycles. The number of rotatable bonds is 5. The third-order valence-corrected chi connectivity index (χ3v) is 6.20. The van der Waals surface area contributed by atoms with Gasteiger partial charge in [-0.1, -0.05) is 6.92 Å². The lowest BCUT2D eigenvalue weighted by Crippen LogP contribution is -2.24. The van der Waals surface area contributed by atoms with E-state index in [-0.39, 0.29) is 11.0 Å². The summed E-state index contributed by atoms with van der Waals surface area (Å²) in [6, 6.07) is 3.38. The molecule has 21 heavy (non-hydrogen) atoms. The maximum atomic E-state index is 13.7. The molecular formula is C13H12BrF2NO2S2. The van der Waals surface area contributed by atoms with Gasteiger partial charge in [-0.3, -0.25) is 0 Å². The van der Waals surface area contributed by atoms with Crippen LogP contribution in [0.3, 0.4) is 0 Å². The van der Waals surface area contributed by atoms with Gasteiger partial charge < -0.3 is 0 Å². The van der Waals surface area contributed by atoms with Crippen molar-refractivity contribution in [3.8, 4) is 0 Å². The van der Waals surface area contributed by atoms with E-state index in [0.717, 1.165) is 22.9 Å². The second kappa shape index (κ2) is 6.51. The Morgan fingerprint density at radius 2 is 2.05 bits per heavy atom. The van der Waals surface area contributed by atoms with E-state index in [1.54, 1.807) is 0 Å². The van der Waals surface area contributed by atoms with Crippen LogP contribution in [0.4, 0.5) is 8.78 Å². The summed E-state index contributed by atoms with van der Waals surface area (Å²) < 4.78 is 53.3. The summed E-state index contributed by atoms with van der Waals surface area (Å²) in [5, 5.41) is 1.87. The summed E-state index contributed by atoms with van der Waals surface area (Å²) in [6.45, 7) is 2.04. The first kappa shape index (κ1) is 16.5. The number of hydrogen-bond donors (Lipinski definition) is 1. The molecule has 0 saturated heterocycles. The van der Waals surface area contributed by atoms with Crippen molar-refractivity contribution in [1.29, 1.82) is 0 Å². The van der Waals surface area contributed by atoms with E-state index >= 15 is 0 Å². The van der Waals surface area contributed by atoms with Gasteiger partial charge in [0.05, 0.1) is 0 Å². The van der Waals surface area contributed by atoms with Crippen molar-refractivity contribution in [3.05, 3.63) is 50.1 Å². The number of thiophene rings is 1. The van der Waals surface area contributed by atoms with Crippen LogP contribution in [0.5, 0.6) is 0 Å². The quantitative estimate of drug-likeness (QED) is 0.835. The zero-order chi connectivity index (χ0) is 15.6. The Labute approximate surface area is 134 Å². The first-order valence-electron chi connectivity index (χ1n) is 6.04. The lowest BCUT2D eigenvalue weighted by molar-refractivity contribution is 0.540. The Kier molecular flexibility index (Phi) is 5.13. The van der Waals surface area contributed by atoms with E-state index in [2.05, 4.69) is 20.7 Å². The minimum atomic E-state index is -4.07. The molecule has 0 aliphatic heterocycles. The first-order valence-corrected chi connectivity index (χ1v) is 9.20. The molecule has 0 radical (unpaired) electrons. The molecule has 0 amide bonds. The van der Waals surface area contributed by atoms with E-state index in [4.69, 9.17) is 0 Å². The highest BCUT2D eigenvalue weighted by Crippen LogP contribution is 2.26. The average Bonchev–Trinajstić information content (AvgIpc) is 2.82. The molecule has 0 bridgehead atoms. The molecule has 0 fully saturated rings. The first-order chi connectivity index (χ1) is 9.85. The predicted molar refractivity (Wildman–Crippen MR) is 81.8 cm³/mol. The topological polar surface area (TPSA) is 46.2 Å². The van der Waals surface area contributed by atoms with Gasteiger partial charge in [0.1, 0.15) is 16.5 Å². The normalized spacial score (nSPS) is 11.8. The Morgan fingerprint density at radius 3 is 2.67 bits per heavy atom. The molecule has 3 nitrogen and oxygen atoms in total. The number of nitrogens with one attached hydrogen (secondary N) is 1. The van der Waals surface area contributed by atoms with Crippen LogP contribution in [0, 0.1) is 11.6 Å². The Hall–Kier alpha value is -0.830. The highest BCUT2D eigenvalue weighted by molar-refractivity contribution is 9.10. The van der Waals surface area contributed by atoms with E-state index in [1.807, 2.05) is 18.4 Å². The molecule has 0 aliphatic rings.